The normalized spacial score (nSPS) is 19.2. The lowest BCUT2D eigenvalue weighted by atomic mass is 9.96. The van der Waals surface area contributed by atoms with Crippen molar-refractivity contribution in [2.75, 3.05) is 29.9 Å². The van der Waals surface area contributed by atoms with Crippen LogP contribution in [0.15, 0.2) is 42.6 Å². The predicted octanol–water partition coefficient (Wildman–Crippen LogP) is 4.89. The zero-order valence-corrected chi connectivity index (χ0v) is 21.3. The molecule has 2 amide bonds. The zero-order valence-electron chi connectivity index (χ0n) is 20.6. The van der Waals surface area contributed by atoms with Gasteiger partial charge in [-0.05, 0) is 31.5 Å². The molecule has 5 rings (SSSR count). The van der Waals surface area contributed by atoms with E-state index in [4.69, 9.17) is 11.6 Å². The van der Waals surface area contributed by atoms with Gasteiger partial charge in [0, 0.05) is 36.2 Å². The average molecular weight is 527 g/mol. The quantitative estimate of drug-likeness (QED) is 0.492. The number of amides is 2. The van der Waals surface area contributed by atoms with Crippen molar-refractivity contribution in [1.29, 1.82) is 0 Å². The monoisotopic (exact) mass is 526 g/mol. The molecular formula is C27H25ClF2N4O3. The number of phenolic OH excluding ortho intramolecular Hbond substituents is 1. The third kappa shape index (κ3) is 3.71. The minimum Gasteiger partial charge on any atom is -0.507 e. The van der Waals surface area contributed by atoms with E-state index in [0.717, 1.165) is 6.07 Å². The van der Waals surface area contributed by atoms with E-state index in [1.54, 1.807) is 11.9 Å². The van der Waals surface area contributed by atoms with Gasteiger partial charge in [0.1, 0.15) is 23.1 Å². The largest absolute Gasteiger partial charge is 0.507 e. The number of likely N-dealkylation sites (N-methyl/N-ethyl adjacent to an activating group) is 1. The van der Waals surface area contributed by atoms with E-state index in [1.807, 2.05) is 18.7 Å². The van der Waals surface area contributed by atoms with Crippen LogP contribution in [-0.2, 0) is 9.59 Å². The van der Waals surface area contributed by atoms with Crippen LogP contribution in [0.3, 0.4) is 0 Å². The van der Waals surface area contributed by atoms with Crippen molar-refractivity contribution >= 4 is 45.7 Å². The summed E-state index contributed by atoms with van der Waals surface area (Å²) >= 11 is 6.51. The standard InChI is InChI=1S/C27H25ClF2N4O3/c1-5-13(2)26(36)33-12-19-27(37)32(4)18-10-31-24-15(25(18)34(19)11-14(33)3)9-16(28)21(23(24)30)22-17(29)7-6-8-20(22)35/h6-10,14,19,35H,2,5,11-12H2,1,3-4H3. The summed E-state index contributed by atoms with van der Waals surface area (Å²) in [7, 11) is 1.60. The number of carbonyl (C=O) groups is 2. The van der Waals surface area contributed by atoms with Gasteiger partial charge in [-0.3, -0.25) is 14.6 Å². The smallest absolute Gasteiger partial charge is 0.251 e. The lowest BCUT2D eigenvalue weighted by Crippen LogP contribution is -2.65. The number of phenols is 1. The molecule has 1 saturated heterocycles. The minimum atomic E-state index is -0.886. The summed E-state index contributed by atoms with van der Waals surface area (Å²) in [4.78, 5) is 35.5. The number of pyridine rings is 1. The fourth-order valence-corrected chi connectivity index (χ4v) is 5.48. The number of halogens is 3. The zero-order chi connectivity index (χ0) is 26.8. The van der Waals surface area contributed by atoms with Crippen LogP contribution < -0.4 is 9.80 Å². The number of rotatable bonds is 3. The number of fused-ring (bicyclic) bond motifs is 5. The van der Waals surface area contributed by atoms with E-state index in [-0.39, 0.29) is 46.1 Å². The Labute approximate surface area is 217 Å². The first kappa shape index (κ1) is 25.0. The van der Waals surface area contributed by atoms with Crippen LogP contribution in [0.5, 0.6) is 5.75 Å². The summed E-state index contributed by atoms with van der Waals surface area (Å²) in [6, 6.07) is 4.19. The van der Waals surface area contributed by atoms with Crippen molar-refractivity contribution in [2.45, 2.75) is 32.4 Å². The molecule has 192 valence electrons. The third-order valence-corrected chi connectivity index (χ3v) is 7.54. The number of anilines is 2. The summed E-state index contributed by atoms with van der Waals surface area (Å²) in [5.41, 5.74) is 0.757. The summed E-state index contributed by atoms with van der Waals surface area (Å²) in [5.74, 6) is -2.58. The molecule has 0 aliphatic carbocycles. The lowest BCUT2D eigenvalue weighted by Gasteiger charge is -2.50. The summed E-state index contributed by atoms with van der Waals surface area (Å²) in [5, 5.41) is 10.5. The number of benzene rings is 2. The van der Waals surface area contributed by atoms with Gasteiger partial charge in [0.05, 0.1) is 34.7 Å². The summed E-state index contributed by atoms with van der Waals surface area (Å²) in [6.45, 7) is 8.04. The van der Waals surface area contributed by atoms with E-state index < -0.39 is 23.4 Å². The number of hydrogen-bond donors (Lipinski definition) is 1. The number of hydrogen-bond acceptors (Lipinski definition) is 5. The summed E-state index contributed by atoms with van der Waals surface area (Å²) in [6.07, 6.45) is 1.90. The molecule has 3 heterocycles. The molecule has 7 nitrogen and oxygen atoms in total. The highest BCUT2D eigenvalue weighted by Gasteiger charge is 2.45. The van der Waals surface area contributed by atoms with Gasteiger partial charge in [-0.25, -0.2) is 8.78 Å². The van der Waals surface area contributed by atoms with Crippen molar-refractivity contribution in [3.8, 4) is 16.9 Å². The van der Waals surface area contributed by atoms with Gasteiger partial charge in [-0.1, -0.05) is 31.2 Å². The maximum absolute atomic E-state index is 15.9. The molecule has 37 heavy (non-hydrogen) atoms. The Morgan fingerprint density at radius 2 is 2.00 bits per heavy atom. The molecular weight excluding hydrogens is 502 g/mol. The second kappa shape index (κ2) is 8.99. The Bertz CT molecular complexity index is 1470. The minimum absolute atomic E-state index is 0.0761. The fourth-order valence-electron chi connectivity index (χ4n) is 5.19. The summed E-state index contributed by atoms with van der Waals surface area (Å²) < 4.78 is 30.5. The first-order valence-electron chi connectivity index (χ1n) is 11.9. The van der Waals surface area contributed by atoms with Gasteiger partial charge in [-0.2, -0.15) is 0 Å². The molecule has 2 aliphatic rings. The van der Waals surface area contributed by atoms with Crippen LogP contribution in [0.2, 0.25) is 5.02 Å². The molecule has 1 N–H and O–H groups in total. The molecule has 0 bridgehead atoms. The maximum Gasteiger partial charge on any atom is 0.251 e. The Balaban J connectivity index is 1.69. The van der Waals surface area contributed by atoms with Gasteiger partial charge in [0.15, 0.2) is 5.82 Å². The van der Waals surface area contributed by atoms with E-state index >= 15 is 4.39 Å². The van der Waals surface area contributed by atoms with E-state index in [2.05, 4.69) is 11.6 Å². The highest BCUT2D eigenvalue weighted by atomic mass is 35.5. The average Bonchev–Trinajstić information content (AvgIpc) is 2.87. The van der Waals surface area contributed by atoms with Gasteiger partial charge in [0.25, 0.3) is 5.91 Å². The first-order valence-corrected chi connectivity index (χ1v) is 12.3. The molecule has 2 unspecified atom stereocenters. The van der Waals surface area contributed by atoms with Gasteiger partial charge in [0.2, 0.25) is 5.91 Å². The number of aromatic nitrogens is 1. The van der Waals surface area contributed by atoms with Gasteiger partial charge >= 0.3 is 0 Å². The maximum atomic E-state index is 15.9. The highest BCUT2D eigenvalue weighted by Crippen LogP contribution is 2.47. The Morgan fingerprint density at radius 1 is 1.27 bits per heavy atom. The van der Waals surface area contributed by atoms with Crippen molar-refractivity contribution in [2.24, 2.45) is 0 Å². The van der Waals surface area contributed by atoms with E-state index in [0.29, 0.717) is 35.3 Å². The first-order chi connectivity index (χ1) is 17.6. The van der Waals surface area contributed by atoms with Crippen LogP contribution >= 0.6 is 11.6 Å². The number of aromatic hydroxyl groups is 1. The molecule has 2 atom stereocenters. The predicted molar refractivity (Wildman–Crippen MR) is 139 cm³/mol. The van der Waals surface area contributed by atoms with Crippen LogP contribution in [0.25, 0.3) is 22.0 Å². The number of piperazine rings is 1. The highest BCUT2D eigenvalue weighted by molar-refractivity contribution is 6.34. The molecule has 0 saturated carbocycles. The van der Waals surface area contributed by atoms with Gasteiger partial charge < -0.3 is 19.8 Å². The topological polar surface area (TPSA) is 77.0 Å². The van der Waals surface area contributed by atoms with Crippen LogP contribution in [0, 0.1) is 11.6 Å². The molecule has 0 spiro atoms. The molecule has 0 radical (unpaired) electrons. The van der Waals surface area contributed by atoms with Crippen LogP contribution in [0.1, 0.15) is 20.3 Å². The van der Waals surface area contributed by atoms with Crippen molar-refractivity contribution in [3.63, 3.8) is 0 Å². The van der Waals surface area contributed by atoms with Crippen LogP contribution in [0.4, 0.5) is 20.2 Å². The SMILES string of the molecule is C=C(CC)C(=O)N1CC2C(=O)N(C)c3cnc4c(F)c(-c5c(O)cccc5F)c(Cl)cc4c3N2CC1C. The van der Waals surface area contributed by atoms with E-state index in [9.17, 15) is 19.1 Å². The number of carbonyl (C=O) groups excluding carboxylic acids is 2. The van der Waals surface area contributed by atoms with Crippen molar-refractivity contribution < 1.29 is 23.5 Å². The van der Waals surface area contributed by atoms with Gasteiger partial charge in [-0.15, -0.1) is 0 Å². The fraction of sp³-hybridized carbons (Fsp3) is 0.296. The number of nitrogens with zero attached hydrogens (tertiary/aromatic N) is 4. The molecule has 10 heteroatoms. The molecule has 2 aliphatic heterocycles. The Morgan fingerprint density at radius 3 is 2.68 bits per heavy atom. The Kier molecular flexibility index (Phi) is 6.06. The lowest BCUT2D eigenvalue weighted by molar-refractivity contribution is -0.131. The second-order valence-corrected chi connectivity index (χ2v) is 9.81. The van der Waals surface area contributed by atoms with Crippen LogP contribution in [-0.4, -0.2) is 59.0 Å². The van der Waals surface area contributed by atoms with E-state index in [1.165, 1.54) is 29.3 Å². The Hall–Kier alpha value is -3.72. The molecule has 3 aromatic rings. The second-order valence-electron chi connectivity index (χ2n) is 9.40. The third-order valence-electron chi connectivity index (χ3n) is 7.24. The molecule has 1 aromatic heterocycles. The molecule has 1 fully saturated rings. The molecule has 2 aromatic carbocycles. The van der Waals surface area contributed by atoms with Crippen molar-refractivity contribution in [1.82, 2.24) is 9.88 Å². The van der Waals surface area contributed by atoms with Crippen molar-refractivity contribution in [3.05, 3.63) is 59.3 Å².